The molecule has 0 bridgehead atoms. The number of aromatic nitrogens is 2. The first-order valence-corrected chi connectivity index (χ1v) is 8.21. The lowest BCUT2D eigenvalue weighted by Gasteiger charge is -2.23. The summed E-state index contributed by atoms with van der Waals surface area (Å²) in [6.07, 6.45) is -0.951. The highest BCUT2D eigenvalue weighted by molar-refractivity contribution is 5.77. The van der Waals surface area contributed by atoms with E-state index in [1.54, 1.807) is 36.4 Å². The van der Waals surface area contributed by atoms with Crippen molar-refractivity contribution in [2.45, 2.75) is 19.6 Å². The number of nitrogens with one attached hydrogen (secondary N) is 1. The Labute approximate surface area is 144 Å². The number of likely N-dealkylation sites (N-methyl/N-ethyl adjacent to an activating group) is 1. The Morgan fingerprint density at radius 2 is 1.92 bits per heavy atom. The molecule has 0 aliphatic carbocycles. The van der Waals surface area contributed by atoms with E-state index in [4.69, 9.17) is 0 Å². The number of hydrogen-bond donors (Lipinski definition) is 2. The third kappa shape index (κ3) is 3.92. The fraction of sp³-hybridized carbons (Fsp3) is 0.263. The van der Waals surface area contributed by atoms with Crippen LogP contribution in [-0.2, 0) is 6.54 Å². The quantitative estimate of drug-likeness (QED) is 0.723. The number of benzene rings is 2. The maximum absolute atomic E-state index is 13.8. The molecule has 6 heteroatoms. The fourth-order valence-electron chi connectivity index (χ4n) is 2.82. The van der Waals surface area contributed by atoms with E-state index in [2.05, 4.69) is 9.97 Å². The molecule has 1 atom stereocenters. The van der Waals surface area contributed by atoms with E-state index in [-0.39, 0.29) is 17.7 Å². The number of aromatic amines is 1. The van der Waals surface area contributed by atoms with Crippen molar-refractivity contribution in [2.75, 3.05) is 13.1 Å². The zero-order chi connectivity index (χ0) is 17.8. The molecule has 1 heterocycles. The van der Waals surface area contributed by atoms with Crippen molar-refractivity contribution in [3.05, 3.63) is 76.1 Å². The smallest absolute Gasteiger partial charge is 0.258 e. The number of aliphatic hydroxyl groups is 1. The molecular weight excluding hydrogens is 321 g/mol. The molecule has 5 nitrogen and oxygen atoms in total. The Balaban J connectivity index is 1.78. The van der Waals surface area contributed by atoms with E-state index >= 15 is 0 Å². The average Bonchev–Trinajstić information content (AvgIpc) is 2.61. The van der Waals surface area contributed by atoms with Crippen LogP contribution in [-0.4, -0.2) is 33.1 Å². The zero-order valence-corrected chi connectivity index (χ0v) is 13.9. The van der Waals surface area contributed by atoms with E-state index in [1.165, 1.54) is 6.07 Å². The largest absolute Gasteiger partial charge is 0.387 e. The highest BCUT2D eigenvalue weighted by Gasteiger charge is 2.17. The lowest BCUT2D eigenvalue weighted by Crippen LogP contribution is -2.30. The first-order valence-electron chi connectivity index (χ1n) is 8.21. The van der Waals surface area contributed by atoms with Gasteiger partial charge in [0.05, 0.1) is 23.6 Å². The van der Waals surface area contributed by atoms with Crippen molar-refractivity contribution >= 4 is 10.9 Å². The van der Waals surface area contributed by atoms with Crippen LogP contribution < -0.4 is 5.56 Å². The minimum Gasteiger partial charge on any atom is -0.387 e. The van der Waals surface area contributed by atoms with Crippen LogP contribution in [0, 0.1) is 5.82 Å². The number of fused-ring (bicyclic) bond motifs is 1. The molecule has 1 aromatic heterocycles. The van der Waals surface area contributed by atoms with Gasteiger partial charge in [-0.3, -0.25) is 9.69 Å². The van der Waals surface area contributed by atoms with Crippen LogP contribution in [0.2, 0.25) is 0 Å². The van der Waals surface area contributed by atoms with Crippen molar-refractivity contribution in [1.29, 1.82) is 0 Å². The van der Waals surface area contributed by atoms with Gasteiger partial charge in [0.25, 0.3) is 5.56 Å². The molecule has 0 saturated carbocycles. The molecule has 2 N–H and O–H groups in total. The fourth-order valence-corrected chi connectivity index (χ4v) is 2.82. The minimum absolute atomic E-state index is 0.189. The molecule has 0 amide bonds. The van der Waals surface area contributed by atoms with E-state index in [0.717, 1.165) is 0 Å². The van der Waals surface area contributed by atoms with Crippen LogP contribution in [0.1, 0.15) is 24.4 Å². The first kappa shape index (κ1) is 17.3. The van der Waals surface area contributed by atoms with E-state index < -0.39 is 11.9 Å². The summed E-state index contributed by atoms with van der Waals surface area (Å²) in [4.78, 5) is 21.3. The number of aliphatic hydroxyl groups excluding tert-OH is 1. The molecule has 0 spiro atoms. The van der Waals surface area contributed by atoms with E-state index in [1.807, 2.05) is 17.9 Å². The Morgan fingerprint density at radius 1 is 1.20 bits per heavy atom. The van der Waals surface area contributed by atoms with Gasteiger partial charge in [-0.05, 0) is 24.7 Å². The van der Waals surface area contributed by atoms with Gasteiger partial charge in [0, 0.05) is 12.1 Å². The highest BCUT2D eigenvalue weighted by Crippen LogP contribution is 2.18. The predicted molar refractivity (Wildman–Crippen MR) is 94.7 cm³/mol. The number of hydrogen-bond acceptors (Lipinski definition) is 4. The summed E-state index contributed by atoms with van der Waals surface area (Å²) in [5, 5.41) is 10.9. The van der Waals surface area contributed by atoms with Crippen molar-refractivity contribution in [3.63, 3.8) is 0 Å². The molecule has 3 aromatic rings. The van der Waals surface area contributed by atoms with Gasteiger partial charge in [-0.1, -0.05) is 37.3 Å². The zero-order valence-electron chi connectivity index (χ0n) is 13.9. The Bertz CT molecular complexity index is 926. The summed E-state index contributed by atoms with van der Waals surface area (Å²) in [6.45, 7) is 3.17. The summed E-state index contributed by atoms with van der Waals surface area (Å²) in [5.74, 6) is 0.0922. The summed E-state index contributed by atoms with van der Waals surface area (Å²) in [5.41, 5.74) is 0.708. The standard InChI is InChI=1S/C19H20FN3O2/c1-2-23(11-17(24)13-7-3-5-9-15(13)20)12-18-21-16-10-6-4-8-14(16)19(25)22-18/h3-10,17,24H,2,11-12H2,1H3,(H,21,22,25). The SMILES string of the molecule is CCN(Cc1nc2ccccc2c(=O)[nH]1)CC(O)c1ccccc1F. The number of rotatable bonds is 6. The van der Waals surface area contributed by atoms with Crippen molar-refractivity contribution in [3.8, 4) is 0 Å². The van der Waals surface area contributed by atoms with Crippen LogP contribution >= 0.6 is 0 Å². The first-order chi connectivity index (χ1) is 12.1. The topological polar surface area (TPSA) is 69.2 Å². The molecule has 2 aromatic carbocycles. The van der Waals surface area contributed by atoms with E-state index in [0.29, 0.717) is 29.8 Å². The van der Waals surface area contributed by atoms with Gasteiger partial charge in [-0.15, -0.1) is 0 Å². The van der Waals surface area contributed by atoms with Gasteiger partial charge in [0.2, 0.25) is 0 Å². The van der Waals surface area contributed by atoms with Crippen LogP contribution in [0.3, 0.4) is 0 Å². The number of halogens is 1. The highest BCUT2D eigenvalue weighted by atomic mass is 19.1. The van der Waals surface area contributed by atoms with E-state index in [9.17, 15) is 14.3 Å². The Kier molecular flexibility index (Phi) is 5.21. The molecule has 130 valence electrons. The Morgan fingerprint density at radius 3 is 2.68 bits per heavy atom. The molecule has 0 saturated heterocycles. The van der Waals surface area contributed by atoms with Gasteiger partial charge in [0.15, 0.2) is 0 Å². The second-order valence-corrected chi connectivity index (χ2v) is 5.89. The minimum atomic E-state index is -0.951. The summed E-state index contributed by atoms with van der Waals surface area (Å²) in [7, 11) is 0. The molecule has 0 radical (unpaired) electrons. The summed E-state index contributed by atoms with van der Waals surface area (Å²) < 4.78 is 13.8. The van der Waals surface area contributed by atoms with Crippen LogP contribution in [0.4, 0.5) is 4.39 Å². The van der Waals surface area contributed by atoms with Crippen molar-refractivity contribution in [1.82, 2.24) is 14.9 Å². The molecular formula is C19H20FN3O2. The van der Waals surface area contributed by atoms with Crippen molar-refractivity contribution < 1.29 is 9.50 Å². The van der Waals surface area contributed by atoms with Crippen LogP contribution in [0.5, 0.6) is 0 Å². The summed E-state index contributed by atoms with van der Waals surface area (Å²) in [6, 6.07) is 13.3. The van der Waals surface area contributed by atoms with Gasteiger partial charge in [-0.2, -0.15) is 0 Å². The molecule has 0 fully saturated rings. The lowest BCUT2D eigenvalue weighted by atomic mass is 10.1. The maximum Gasteiger partial charge on any atom is 0.258 e. The predicted octanol–water partition coefficient (Wildman–Crippen LogP) is 2.62. The van der Waals surface area contributed by atoms with Gasteiger partial charge in [0.1, 0.15) is 11.6 Å². The second kappa shape index (κ2) is 7.55. The van der Waals surface area contributed by atoms with Gasteiger partial charge < -0.3 is 10.1 Å². The maximum atomic E-state index is 13.8. The molecule has 3 rings (SSSR count). The van der Waals surface area contributed by atoms with Crippen LogP contribution in [0.25, 0.3) is 10.9 Å². The third-order valence-corrected chi connectivity index (χ3v) is 4.18. The van der Waals surface area contributed by atoms with Gasteiger partial charge >= 0.3 is 0 Å². The number of H-pyrrole nitrogens is 1. The Hall–Kier alpha value is -2.57. The number of para-hydroxylation sites is 1. The lowest BCUT2D eigenvalue weighted by molar-refractivity contribution is 0.108. The molecule has 1 unspecified atom stereocenters. The molecule has 0 aliphatic rings. The molecule has 0 aliphatic heterocycles. The molecule has 25 heavy (non-hydrogen) atoms. The van der Waals surface area contributed by atoms with Gasteiger partial charge in [-0.25, -0.2) is 9.37 Å². The number of nitrogens with zero attached hydrogens (tertiary/aromatic N) is 2. The average molecular weight is 341 g/mol. The normalized spacial score (nSPS) is 12.6. The van der Waals surface area contributed by atoms with Crippen molar-refractivity contribution in [2.24, 2.45) is 0 Å². The third-order valence-electron chi connectivity index (χ3n) is 4.18. The second-order valence-electron chi connectivity index (χ2n) is 5.89. The van der Waals surface area contributed by atoms with Crippen LogP contribution in [0.15, 0.2) is 53.3 Å². The monoisotopic (exact) mass is 341 g/mol. The summed E-state index contributed by atoms with van der Waals surface area (Å²) >= 11 is 0.